The van der Waals surface area contributed by atoms with Crippen LogP contribution in [0.1, 0.15) is 52.9 Å². The van der Waals surface area contributed by atoms with Crippen LogP contribution < -0.4 is 4.90 Å². The third-order valence-electron chi connectivity index (χ3n) is 5.46. The SMILES string of the molecule is CC(=CC1=CCC(C)CC1)C(C)N(C1=CCCC=C1)c1ccccc1. The van der Waals surface area contributed by atoms with E-state index in [1.807, 2.05) is 0 Å². The smallest absolute Gasteiger partial charge is 0.0523 e. The molecule has 2 atom stereocenters. The van der Waals surface area contributed by atoms with E-state index < -0.39 is 0 Å². The number of allylic oxidation sites excluding steroid dienone is 6. The Morgan fingerprint density at radius 1 is 1.16 bits per heavy atom. The van der Waals surface area contributed by atoms with Gasteiger partial charge in [0.05, 0.1) is 6.04 Å². The van der Waals surface area contributed by atoms with E-state index in [4.69, 9.17) is 0 Å². The average Bonchev–Trinajstić information content (AvgIpc) is 2.65. The number of nitrogens with zero attached hydrogens (tertiary/aromatic N) is 1. The first-order valence-corrected chi connectivity index (χ1v) is 9.73. The maximum Gasteiger partial charge on any atom is 0.0523 e. The highest BCUT2D eigenvalue weighted by molar-refractivity contribution is 5.58. The molecule has 0 aromatic heterocycles. The highest BCUT2D eigenvalue weighted by atomic mass is 15.2. The van der Waals surface area contributed by atoms with Gasteiger partial charge in [0, 0.05) is 11.4 Å². The Bertz CT molecular complexity index is 690. The van der Waals surface area contributed by atoms with Gasteiger partial charge in [-0.2, -0.15) is 0 Å². The maximum absolute atomic E-state index is 2.48. The number of para-hydroxylation sites is 1. The molecule has 2 aliphatic carbocycles. The largest absolute Gasteiger partial charge is 0.335 e. The predicted octanol–water partition coefficient (Wildman–Crippen LogP) is 6.81. The first-order chi connectivity index (χ1) is 12.1. The lowest BCUT2D eigenvalue weighted by Gasteiger charge is -2.34. The van der Waals surface area contributed by atoms with Crippen molar-refractivity contribution < 1.29 is 0 Å². The second-order valence-corrected chi connectivity index (χ2v) is 7.54. The molecule has 0 spiro atoms. The highest BCUT2D eigenvalue weighted by Gasteiger charge is 2.20. The number of hydrogen-bond acceptors (Lipinski definition) is 1. The number of anilines is 1. The second-order valence-electron chi connectivity index (χ2n) is 7.54. The molecule has 1 aromatic rings. The lowest BCUT2D eigenvalue weighted by Crippen LogP contribution is -2.33. The Hall–Kier alpha value is -2.02. The Morgan fingerprint density at radius 2 is 1.96 bits per heavy atom. The fraction of sp³-hybridized carbons (Fsp3) is 0.417. The minimum absolute atomic E-state index is 0.344. The van der Waals surface area contributed by atoms with Gasteiger partial charge in [-0.15, -0.1) is 0 Å². The van der Waals surface area contributed by atoms with Crippen molar-refractivity contribution >= 4 is 5.69 Å². The molecule has 1 nitrogen and oxygen atoms in total. The van der Waals surface area contributed by atoms with Crippen LogP contribution in [0.5, 0.6) is 0 Å². The predicted molar refractivity (Wildman–Crippen MR) is 110 cm³/mol. The summed E-state index contributed by atoms with van der Waals surface area (Å²) in [5, 5.41) is 0. The molecule has 0 aliphatic heterocycles. The van der Waals surface area contributed by atoms with Crippen molar-refractivity contribution in [3.05, 3.63) is 77.6 Å². The Labute approximate surface area is 153 Å². The molecule has 0 heterocycles. The van der Waals surface area contributed by atoms with Crippen LogP contribution in [0.25, 0.3) is 0 Å². The molecular weight excluding hydrogens is 302 g/mol. The van der Waals surface area contributed by atoms with Crippen molar-refractivity contribution in [3.8, 4) is 0 Å². The zero-order valence-corrected chi connectivity index (χ0v) is 15.9. The minimum atomic E-state index is 0.344. The molecule has 132 valence electrons. The normalized spacial score (nSPS) is 22.2. The van der Waals surface area contributed by atoms with Crippen LogP contribution in [-0.4, -0.2) is 6.04 Å². The summed E-state index contributed by atoms with van der Waals surface area (Å²) in [5.74, 6) is 0.841. The molecule has 0 radical (unpaired) electrons. The first-order valence-electron chi connectivity index (χ1n) is 9.73. The van der Waals surface area contributed by atoms with E-state index in [0.29, 0.717) is 6.04 Å². The van der Waals surface area contributed by atoms with Gasteiger partial charge in [0.2, 0.25) is 0 Å². The van der Waals surface area contributed by atoms with Crippen LogP contribution in [0.3, 0.4) is 0 Å². The molecule has 0 fully saturated rings. The van der Waals surface area contributed by atoms with Crippen molar-refractivity contribution in [2.24, 2.45) is 5.92 Å². The summed E-state index contributed by atoms with van der Waals surface area (Å²) in [5.41, 5.74) is 5.55. The van der Waals surface area contributed by atoms with Crippen LogP contribution in [0, 0.1) is 5.92 Å². The zero-order chi connectivity index (χ0) is 17.6. The molecule has 0 bridgehead atoms. The van der Waals surface area contributed by atoms with Crippen molar-refractivity contribution in [1.29, 1.82) is 0 Å². The first kappa shape index (κ1) is 17.8. The molecule has 0 amide bonds. The van der Waals surface area contributed by atoms with Crippen molar-refractivity contribution in [2.45, 2.75) is 58.9 Å². The van der Waals surface area contributed by atoms with Crippen LogP contribution in [0.15, 0.2) is 77.6 Å². The van der Waals surface area contributed by atoms with Gasteiger partial charge < -0.3 is 4.90 Å². The maximum atomic E-state index is 2.48. The van der Waals surface area contributed by atoms with Gasteiger partial charge in [-0.25, -0.2) is 0 Å². The highest BCUT2D eigenvalue weighted by Crippen LogP contribution is 2.30. The lowest BCUT2D eigenvalue weighted by atomic mass is 9.89. The van der Waals surface area contributed by atoms with E-state index in [0.717, 1.165) is 18.8 Å². The summed E-state index contributed by atoms with van der Waals surface area (Å²) in [4.78, 5) is 2.48. The third-order valence-corrected chi connectivity index (χ3v) is 5.46. The minimum Gasteiger partial charge on any atom is -0.335 e. The van der Waals surface area contributed by atoms with Gasteiger partial charge >= 0.3 is 0 Å². The number of rotatable bonds is 5. The monoisotopic (exact) mass is 333 g/mol. The zero-order valence-electron chi connectivity index (χ0n) is 15.9. The van der Waals surface area contributed by atoms with E-state index in [1.165, 1.54) is 41.8 Å². The summed E-state index contributed by atoms with van der Waals surface area (Å²) in [6.45, 7) is 6.96. The number of benzene rings is 1. The van der Waals surface area contributed by atoms with Gasteiger partial charge in [0.15, 0.2) is 0 Å². The quantitative estimate of drug-likeness (QED) is 0.572. The van der Waals surface area contributed by atoms with Crippen LogP contribution in [0.4, 0.5) is 5.69 Å². The van der Waals surface area contributed by atoms with Crippen LogP contribution in [0.2, 0.25) is 0 Å². The van der Waals surface area contributed by atoms with Gasteiger partial charge in [-0.1, -0.05) is 60.6 Å². The molecule has 2 unspecified atom stereocenters. The lowest BCUT2D eigenvalue weighted by molar-refractivity contribution is 0.518. The third kappa shape index (κ3) is 4.54. The Kier molecular flexibility index (Phi) is 5.96. The van der Waals surface area contributed by atoms with Crippen LogP contribution in [-0.2, 0) is 0 Å². The van der Waals surface area contributed by atoms with E-state index >= 15 is 0 Å². The van der Waals surface area contributed by atoms with Crippen molar-refractivity contribution in [1.82, 2.24) is 0 Å². The molecule has 2 aliphatic rings. The van der Waals surface area contributed by atoms with E-state index in [1.54, 1.807) is 0 Å². The van der Waals surface area contributed by atoms with Crippen molar-refractivity contribution in [3.63, 3.8) is 0 Å². The average molecular weight is 334 g/mol. The summed E-state index contributed by atoms with van der Waals surface area (Å²) < 4.78 is 0. The van der Waals surface area contributed by atoms with E-state index in [2.05, 4.69) is 86.4 Å². The second kappa shape index (κ2) is 8.38. The Balaban J connectivity index is 1.87. The molecule has 1 aromatic carbocycles. The van der Waals surface area contributed by atoms with Gasteiger partial charge in [-0.3, -0.25) is 0 Å². The molecular formula is C24H31N. The topological polar surface area (TPSA) is 3.24 Å². The summed E-state index contributed by atoms with van der Waals surface area (Å²) in [6.07, 6.45) is 17.9. The van der Waals surface area contributed by atoms with Gasteiger partial charge in [-0.05, 0) is 70.1 Å². The molecule has 0 saturated carbocycles. The summed E-state index contributed by atoms with van der Waals surface area (Å²) >= 11 is 0. The Morgan fingerprint density at radius 3 is 2.60 bits per heavy atom. The standard InChI is InChI=1S/C24H31N/c1-19-14-16-22(17-15-19)18-20(2)21(3)25(23-10-6-4-7-11-23)24-12-8-5-9-13-24/h4,6-8,10-13,16,18-19,21H,5,9,14-15,17H2,1-3H3. The van der Waals surface area contributed by atoms with Crippen LogP contribution >= 0.6 is 0 Å². The summed E-state index contributed by atoms with van der Waals surface area (Å²) in [7, 11) is 0. The van der Waals surface area contributed by atoms with Crippen molar-refractivity contribution in [2.75, 3.05) is 4.90 Å². The van der Waals surface area contributed by atoms with E-state index in [9.17, 15) is 0 Å². The van der Waals surface area contributed by atoms with E-state index in [-0.39, 0.29) is 0 Å². The molecule has 25 heavy (non-hydrogen) atoms. The summed E-state index contributed by atoms with van der Waals surface area (Å²) in [6, 6.07) is 11.1. The fourth-order valence-corrected chi connectivity index (χ4v) is 3.70. The fourth-order valence-electron chi connectivity index (χ4n) is 3.70. The van der Waals surface area contributed by atoms with Gasteiger partial charge in [0.1, 0.15) is 0 Å². The molecule has 3 rings (SSSR count). The molecule has 1 heteroatoms. The number of hydrogen-bond donors (Lipinski definition) is 0. The molecule has 0 N–H and O–H groups in total. The molecule has 0 saturated heterocycles. The van der Waals surface area contributed by atoms with Gasteiger partial charge in [0.25, 0.3) is 0 Å².